The number of rotatable bonds is 8. The minimum absolute atomic E-state index is 0.239. The zero-order valence-corrected chi connectivity index (χ0v) is 26.4. The van der Waals surface area contributed by atoms with Gasteiger partial charge in [-0.05, 0) is 51.5 Å². The average Bonchev–Trinajstić information content (AvgIpc) is 3.46. The maximum atomic E-state index is 13.5. The van der Waals surface area contributed by atoms with E-state index in [9.17, 15) is 14.3 Å². The zero-order chi connectivity index (χ0) is 31.9. The number of carbonyl (C=O) groups is 1. The van der Waals surface area contributed by atoms with E-state index in [1.807, 2.05) is 33.0 Å². The number of aliphatic hydroxyl groups is 1. The highest BCUT2D eigenvalue weighted by Crippen LogP contribution is 2.37. The third kappa shape index (κ3) is 6.45. The van der Waals surface area contributed by atoms with Crippen molar-refractivity contribution in [1.82, 2.24) is 34.2 Å². The number of halogens is 1. The van der Waals surface area contributed by atoms with E-state index in [1.165, 1.54) is 17.8 Å². The van der Waals surface area contributed by atoms with Crippen LogP contribution in [0.2, 0.25) is 0 Å². The summed E-state index contributed by atoms with van der Waals surface area (Å²) in [5.74, 6) is 0.909. The first kappa shape index (κ1) is 30.8. The number of methoxy groups -OCH3 is 1. The molecule has 2 aliphatic rings. The van der Waals surface area contributed by atoms with Crippen molar-refractivity contribution in [2.24, 2.45) is 5.92 Å². The van der Waals surface area contributed by atoms with Crippen molar-refractivity contribution in [2.75, 3.05) is 46.4 Å². The molecule has 4 aromatic heterocycles. The number of aromatic nitrogens is 5. The molecule has 240 valence electrons. The van der Waals surface area contributed by atoms with Crippen molar-refractivity contribution in [1.29, 1.82) is 0 Å². The van der Waals surface area contributed by atoms with Crippen LogP contribution in [0.5, 0.6) is 11.5 Å². The molecule has 1 unspecified atom stereocenters. The Bertz CT molecular complexity index is 1670. The van der Waals surface area contributed by atoms with Gasteiger partial charge in [0.15, 0.2) is 23.1 Å². The van der Waals surface area contributed by atoms with Crippen LogP contribution < -0.4 is 9.47 Å². The SMILES string of the molecule is COc1cnn2cc(-c3nn4c(c3C)CCN(CC3CN(C(=O)OC(C)(C)C)C3)CC4)cc(OC(CO)c3ccc(F)cn3)c12. The predicted molar refractivity (Wildman–Crippen MR) is 164 cm³/mol. The smallest absolute Gasteiger partial charge is 0.410 e. The molecular weight excluding hydrogens is 581 g/mol. The second-order valence-corrected chi connectivity index (χ2v) is 12.7. The van der Waals surface area contributed by atoms with Gasteiger partial charge in [-0.2, -0.15) is 10.2 Å². The molecule has 45 heavy (non-hydrogen) atoms. The molecule has 12 nitrogen and oxygen atoms in total. The van der Waals surface area contributed by atoms with Gasteiger partial charge in [-0.15, -0.1) is 0 Å². The van der Waals surface area contributed by atoms with E-state index in [1.54, 1.807) is 22.7 Å². The molecule has 0 aliphatic carbocycles. The summed E-state index contributed by atoms with van der Waals surface area (Å²) in [6.07, 6.45) is 4.38. The highest BCUT2D eigenvalue weighted by molar-refractivity contribution is 5.75. The summed E-state index contributed by atoms with van der Waals surface area (Å²) in [4.78, 5) is 20.7. The van der Waals surface area contributed by atoms with Crippen LogP contribution in [0.4, 0.5) is 9.18 Å². The molecule has 2 aliphatic heterocycles. The minimum atomic E-state index is -0.832. The number of nitrogens with zero attached hydrogens (tertiary/aromatic N) is 7. The summed E-state index contributed by atoms with van der Waals surface area (Å²) in [5.41, 5.74) is 4.40. The predicted octanol–water partition coefficient (Wildman–Crippen LogP) is 3.89. The molecule has 1 atom stereocenters. The first-order chi connectivity index (χ1) is 21.5. The Morgan fingerprint density at radius 1 is 1.16 bits per heavy atom. The maximum absolute atomic E-state index is 13.5. The molecule has 13 heteroatoms. The van der Waals surface area contributed by atoms with E-state index in [0.29, 0.717) is 28.6 Å². The number of pyridine rings is 2. The quantitative estimate of drug-likeness (QED) is 0.313. The van der Waals surface area contributed by atoms with Gasteiger partial charge in [0.25, 0.3) is 0 Å². The van der Waals surface area contributed by atoms with Gasteiger partial charge in [0.2, 0.25) is 0 Å². The van der Waals surface area contributed by atoms with Crippen LogP contribution in [-0.4, -0.2) is 97.4 Å². The molecule has 1 saturated heterocycles. The number of hydrogen-bond donors (Lipinski definition) is 1. The van der Waals surface area contributed by atoms with Crippen LogP contribution in [0.3, 0.4) is 0 Å². The van der Waals surface area contributed by atoms with Crippen LogP contribution in [0.15, 0.2) is 36.8 Å². The molecule has 0 bridgehead atoms. The summed E-state index contributed by atoms with van der Waals surface area (Å²) in [6.45, 7) is 12.3. The van der Waals surface area contributed by atoms with Crippen molar-refractivity contribution in [2.45, 2.75) is 52.4 Å². The van der Waals surface area contributed by atoms with Crippen LogP contribution in [0, 0.1) is 18.7 Å². The van der Waals surface area contributed by atoms with Gasteiger partial charge in [-0.1, -0.05) is 0 Å². The number of carbonyl (C=O) groups excluding carboxylic acids is 1. The molecule has 0 aromatic carbocycles. The monoisotopic (exact) mass is 621 g/mol. The third-order valence-corrected chi connectivity index (χ3v) is 8.29. The lowest BCUT2D eigenvalue weighted by Crippen LogP contribution is -2.55. The van der Waals surface area contributed by atoms with E-state index in [-0.39, 0.29) is 12.7 Å². The Hall–Kier alpha value is -4.23. The van der Waals surface area contributed by atoms with Gasteiger partial charge in [-0.25, -0.2) is 13.7 Å². The van der Waals surface area contributed by atoms with Crippen molar-refractivity contribution in [3.8, 4) is 22.8 Å². The summed E-state index contributed by atoms with van der Waals surface area (Å²) in [7, 11) is 1.56. The fourth-order valence-corrected chi connectivity index (χ4v) is 6.03. The Morgan fingerprint density at radius 2 is 1.96 bits per heavy atom. The van der Waals surface area contributed by atoms with Crippen LogP contribution in [-0.2, 0) is 17.7 Å². The fraction of sp³-hybridized carbons (Fsp3) is 0.500. The van der Waals surface area contributed by atoms with Gasteiger partial charge in [0.05, 0.1) is 44.0 Å². The molecule has 1 amide bonds. The highest BCUT2D eigenvalue weighted by Gasteiger charge is 2.35. The van der Waals surface area contributed by atoms with E-state index in [0.717, 1.165) is 68.7 Å². The largest absolute Gasteiger partial charge is 0.493 e. The lowest BCUT2D eigenvalue weighted by Gasteiger charge is -2.41. The Labute approximate surface area is 261 Å². The van der Waals surface area contributed by atoms with Gasteiger partial charge in [-0.3, -0.25) is 9.67 Å². The summed E-state index contributed by atoms with van der Waals surface area (Å²) < 4.78 is 34.6. The highest BCUT2D eigenvalue weighted by atomic mass is 19.1. The molecule has 4 aromatic rings. The minimum Gasteiger partial charge on any atom is -0.493 e. The molecule has 0 saturated carbocycles. The topological polar surface area (TPSA) is 119 Å². The third-order valence-electron chi connectivity index (χ3n) is 8.29. The van der Waals surface area contributed by atoms with Crippen LogP contribution >= 0.6 is 0 Å². The number of aliphatic hydroxyl groups excluding tert-OH is 1. The second kappa shape index (κ2) is 12.3. The normalized spacial score (nSPS) is 16.6. The average molecular weight is 622 g/mol. The molecule has 6 rings (SSSR count). The standard InChI is InChI=1S/C32H40FN7O5/c1-20-25-8-9-37(15-21-16-38(17-21)31(42)45-32(2,3)4)10-11-39(25)36-29(20)22-12-26(30-27(43-5)14-35-40(30)18-22)44-28(19-41)24-7-6-23(33)13-34-24/h6-7,12-14,18,21,28,41H,8-11,15-17,19H2,1-5H3. The van der Waals surface area contributed by atoms with Crippen molar-refractivity contribution in [3.05, 3.63) is 59.6 Å². The molecule has 6 heterocycles. The van der Waals surface area contributed by atoms with Gasteiger partial charge in [0.1, 0.15) is 11.4 Å². The van der Waals surface area contributed by atoms with E-state index >= 15 is 0 Å². The molecule has 1 N–H and O–H groups in total. The van der Waals surface area contributed by atoms with Crippen molar-refractivity contribution < 1.29 is 28.5 Å². The second-order valence-electron chi connectivity index (χ2n) is 12.7. The van der Waals surface area contributed by atoms with Crippen LogP contribution in [0.25, 0.3) is 16.8 Å². The molecule has 0 radical (unpaired) electrons. The van der Waals surface area contributed by atoms with E-state index in [4.69, 9.17) is 19.3 Å². The van der Waals surface area contributed by atoms with Crippen LogP contribution in [0.1, 0.15) is 43.8 Å². The maximum Gasteiger partial charge on any atom is 0.410 e. The summed E-state index contributed by atoms with van der Waals surface area (Å²) >= 11 is 0. The zero-order valence-electron chi connectivity index (χ0n) is 26.4. The fourth-order valence-electron chi connectivity index (χ4n) is 6.03. The number of amides is 1. The van der Waals surface area contributed by atoms with E-state index in [2.05, 4.69) is 26.6 Å². The van der Waals surface area contributed by atoms with E-state index < -0.39 is 17.5 Å². The summed E-state index contributed by atoms with van der Waals surface area (Å²) in [5, 5.41) is 19.6. The lowest BCUT2D eigenvalue weighted by molar-refractivity contribution is -0.00626. The van der Waals surface area contributed by atoms with Crippen molar-refractivity contribution >= 4 is 11.6 Å². The molecule has 0 spiro atoms. The summed E-state index contributed by atoms with van der Waals surface area (Å²) in [6, 6.07) is 4.65. The molecular formula is C32H40FN7O5. The number of likely N-dealkylation sites (tertiary alicyclic amines) is 1. The van der Waals surface area contributed by atoms with Gasteiger partial charge >= 0.3 is 6.09 Å². The number of hydrogen-bond acceptors (Lipinski definition) is 9. The first-order valence-electron chi connectivity index (χ1n) is 15.2. The van der Waals surface area contributed by atoms with Crippen molar-refractivity contribution in [3.63, 3.8) is 0 Å². The lowest BCUT2D eigenvalue weighted by atomic mass is 10.00. The number of fused-ring (bicyclic) bond motifs is 2. The Morgan fingerprint density at radius 3 is 2.64 bits per heavy atom. The first-order valence-corrected chi connectivity index (χ1v) is 15.2. The Balaban J connectivity index is 1.18. The van der Waals surface area contributed by atoms with Gasteiger partial charge in [0, 0.05) is 62.5 Å². The Kier molecular flexibility index (Phi) is 8.40. The van der Waals surface area contributed by atoms with Gasteiger partial charge < -0.3 is 29.1 Å². The molecule has 1 fully saturated rings. The number of ether oxygens (including phenoxy) is 3.